The highest BCUT2D eigenvalue weighted by molar-refractivity contribution is 6.12. The van der Waals surface area contributed by atoms with Crippen LogP contribution < -0.4 is 0 Å². The molecule has 1 unspecified atom stereocenters. The molecule has 3 heteroatoms. The van der Waals surface area contributed by atoms with Gasteiger partial charge in [0.25, 0.3) is 0 Å². The van der Waals surface area contributed by atoms with Gasteiger partial charge in [0.15, 0.2) is 0 Å². The molecule has 22 heavy (non-hydrogen) atoms. The van der Waals surface area contributed by atoms with Crippen LogP contribution in [0.5, 0.6) is 0 Å². The summed E-state index contributed by atoms with van der Waals surface area (Å²) in [5.74, 6) is 0.244. The zero-order valence-corrected chi connectivity index (χ0v) is 13.8. The number of piperidine rings is 1. The van der Waals surface area contributed by atoms with Gasteiger partial charge in [-0.1, -0.05) is 31.2 Å². The number of rotatable bonds is 3. The fourth-order valence-corrected chi connectivity index (χ4v) is 3.53. The highest BCUT2D eigenvalue weighted by Crippen LogP contribution is 2.30. The molecule has 2 aliphatic rings. The Labute approximate surface area is 133 Å². The van der Waals surface area contributed by atoms with Gasteiger partial charge in [-0.25, -0.2) is 0 Å². The predicted molar refractivity (Wildman–Crippen MR) is 90.4 cm³/mol. The number of aliphatic imine (C=N–C) groups is 1. The summed E-state index contributed by atoms with van der Waals surface area (Å²) in [4.78, 5) is 19.6. The number of carbonyl (C=O) groups excluding carboxylic acids is 1. The first-order chi connectivity index (χ1) is 10.6. The maximum atomic E-state index is 12.6. The number of hydrogen-bond acceptors (Lipinski definition) is 2. The Balaban J connectivity index is 1.84. The van der Waals surface area contributed by atoms with Crippen LogP contribution in [0.25, 0.3) is 0 Å². The van der Waals surface area contributed by atoms with Crippen molar-refractivity contribution >= 4 is 11.6 Å². The lowest BCUT2D eigenvalue weighted by Gasteiger charge is -2.33. The molecule has 1 fully saturated rings. The molecule has 0 radical (unpaired) electrons. The summed E-state index contributed by atoms with van der Waals surface area (Å²) >= 11 is 0. The van der Waals surface area contributed by atoms with Crippen LogP contribution in [-0.4, -0.2) is 35.1 Å². The van der Waals surface area contributed by atoms with Crippen LogP contribution in [0.15, 0.2) is 29.3 Å². The lowest BCUT2D eigenvalue weighted by Crippen LogP contribution is -2.38. The van der Waals surface area contributed by atoms with E-state index in [0.717, 1.165) is 44.5 Å². The predicted octanol–water partition coefficient (Wildman–Crippen LogP) is 3.60. The molecule has 2 heterocycles. The van der Waals surface area contributed by atoms with Gasteiger partial charge in [-0.2, -0.15) is 0 Å². The number of likely N-dealkylation sites (tertiary alicyclic amines) is 1. The van der Waals surface area contributed by atoms with E-state index in [1.54, 1.807) is 0 Å². The minimum Gasteiger partial charge on any atom is -0.342 e. The van der Waals surface area contributed by atoms with Crippen LogP contribution in [0, 0.1) is 0 Å². The summed E-state index contributed by atoms with van der Waals surface area (Å²) in [6, 6.07) is 8.44. The molecule has 0 aromatic heterocycles. The summed E-state index contributed by atoms with van der Waals surface area (Å²) in [6.07, 6.45) is 5.96. The summed E-state index contributed by atoms with van der Waals surface area (Å²) in [5, 5.41) is 0. The number of benzene rings is 1. The molecule has 3 rings (SSSR count). The number of fused-ring (bicyclic) bond motifs is 1. The minimum atomic E-state index is -0.0636. The van der Waals surface area contributed by atoms with Gasteiger partial charge in [0.1, 0.15) is 0 Å². The average Bonchev–Trinajstić information content (AvgIpc) is 2.55. The molecule has 1 amide bonds. The third kappa shape index (κ3) is 3.08. The van der Waals surface area contributed by atoms with E-state index in [4.69, 9.17) is 4.99 Å². The lowest BCUT2D eigenvalue weighted by atomic mass is 9.83. The van der Waals surface area contributed by atoms with Gasteiger partial charge < -0.3 is 4.90 Å². The van der Waals surface area contributed by atoms with Crippen LogP contribution in [0.1, 0.15) is 57.1 Å². The molecule has 1 aromatic rings. The maximum absolute atomic E-state index is 12.6. The molecule has 0 spiro atoms. The Kier molecular flexibility index (Phi) is 4.32. The molecular weight excluding hydrogens is 272 g/mol. The van der Waals surface area contributed by atoms with Gasteiger partial charge in [-0.15, -0.1) is 0 Å². The molecule has 0 aliphatic carbocycles. The third-order valence-corrected chi connectivity index (χ3v) is 5.09. The first-order valence-electron chi connectivity index (χ1n) is 8.56. The Morgan fingerprint density at radius 1 is 1.23 bits per heavy atom. The highest BCUT2D eigenvalue weighted by atomic mass is 16.2. The van der Waals surface area contributed by atoms with Crippen molar-refractivity contribution in [1.29, 1.82) is 0 Å². The first-order valence-corrected chi connectivity index (χ1v) is 8.56. The molecule has 0 saturated carbocycles. The van der Waals surface area contributed by atoms with Crippen LogP contribution >= 0.6 is 0 Å². The zero-order valence-electron chi connectivity index (χ0n) is 13.8. The van der Waals surface area contributed by atoms with Crippen molar-refractivity contribution in [3.8, 4) is 0 Å². The van der Waals surface area contributed by atoms with E-state index < -0.39 is 0 Å². The second kappa shape index (κ2) is 6.23. The van der Waals surface area contributed by atoms with E-state index in [-0.39, 0.29) is 11.4 Å². The quantitative estimate of drug-likeness (QED) is 0.839. The molecule has 2 aliphatic heterocycles. The minimum absolute atomic E-state index is 0.0636. The van der Waals surface area contributed by atoms with Crippen molar-refractivity contribution in [1.82, 2.24) is 4.90 Å². The SMILES string of the molecule is CCC1(C)Cc2ccccc2C(CC(=O)N2CCCCC2)=N1. The smallest absolute Gasteiger partial charge is 0.228 e. The Hall–Kier alpha value is -1.64. The van der Waals surface area contributed by atoms with Gasteiger partial charge in [0, 0.05) is 13.1 Å². The number of hydrogen-bond donors (Lipinski definition) is 0. The van der Waals surface area contributed by atoms with Crippen molar-refractivity contribution < 1.29 is 4.79 Å². The average molecular weight is 298 g/mol. The standard InChI is InChI=1S/C19H26N2O/c1-3-19(2)14-15-9-5-6-10-16(15)17(20-19)13-18(22)21-11-7-4-8-12-21/h5-6,9-10H,3-4,7-8,11-14H2,1-2H3. The van der Waals surface area contributed by atoms with E-state index in [1.165, 1.54) is 17.5 Å². The molecule has 3 nitrogen and oxygen atoms in total. The van der Waals surface area contributed by atoms with Gasteiger partial charge in [-0.3, -0.25) is 9.79 Å². The van der Waals surface area contributed by atoms with Crippen molar-refractivity contribution in [2.45, 2.75) is 57.9 Å². The van der Waals surface area contributed by atoms with E-state index in [1.807, 2.05) is 11.0 Å². The van der Waals surface area contributed by atoms with Crippen LogP contribution in [0.4, 0.5) is 0 Å². The van der Waals surface area contributed by atoms with Crippen molar-refractivity contribution in [3.05, 3.63) is 35.4 Å². The molecule has 118 valence electrons. The van der Waals surface area contributed by atoms with Crippen molar-refractivity contribution in [2.75, 3.05) is 13.1 Å². The second-order valence-corrected chi connectivity index (χ2v) is 6.86. The highest BCUT2D eigenvalue weighted by Gasteiger charge is 2.30. The molecule has 1 atom stereocenters. The van der Waals surface area contributed by atoms with Crippen LogP contribution in [0.3, 0.4) is 0 Å². The van der Waals surface area contributed by atoms with Gasteiger partial charge in [-0.05, 0) is 50.2 Å². The summed E-state index contributed by atoms with van der Waals surface area (Å²) in [5.41, 5.74) is 3.44. The Bertz CT molecular complexity index is 587. The summed E-state index contributed by atoms with van der Waals surface area (Å²) < 4.78 is 0. The van der Waals surface area contributed by atoms with E-state index >= 15 is 0 Å². The Morgan fingerprint density at radius 3 is 2.68 bits per heavy atom. The van der Waals surface area contributed by atoms with Crippen molar-refractivity contribution in [2.24, 2.45) is 4.99 Å². The molecule has 1 aromatic carbocycles. The fraction of sp³-hybridized carbons (Fsp3) is 0.579. The fourth-order valence-electron chi connectivity index (χ4n) is 3.53. The van der Waals surface area contributed by atoms with E-state index in [2.05, 4.69) is 32.0 Å². The third-order valence-electron chi connectivity index (χ3n) is 5.09. The Morgan fingerprint density at radius 2 is 1.95 bits per heavy atom. The largest absolute Gasteiger partial charge is 0.342 e. The van der Waals surface area contributed by atoms with Crippen LogP contribution in [0.2, 0.25) is 0 Å². The maximum Gasteiger partial charge on any atom is 0.228 e. The lowest BCUT2D eigenvalue weighted by molar-refractivity contribution is -0.130. The summed E-state index contributed by atoms with van der Waals surface area (Å²) in [7, 11) is 0. The number of nitrogens with zero attached hydrogens (tertiary/aromatic N) is 2. The zero-order chi connectivity index (χ0) is 15.6. The normalized spacial score (nSPS) is 24.6. The van der Waals surface area contributed by atoms with Gasteiger partial charge in [0.2, 0.25) is 5.91 Å². The topological polar surface area (TPSA) is 32.7 Å². The first kappa shape index (κ1) is 15.3. The number of carbonyl (C=O) groups is 1. The summed E-state index contributed by atoms with van der Waals surface area (Å²) in [6.45, 7) is 6.22. The monoisotopic (exact) mass is 298 g/mol. The van der Waals surface area contributed by atoms with Crippen molar-refractivity contribution in [3.63, 3.8) is 0 Å². The van der Waals surface area contributed by atoms with Crippen LogP contribution in [-0.2, 0) is 11.2 Å². The molecule has 1 saturated heterocycles. The molecule has 0 N–H and O–H groups in total. The van der Waals surface area contributed by atoms with E-state index in [9.17, 15) is 4.79 Å². The second-order valence-electron chi connectivity index (χ2n) is 6.86. The van der Waals surface area contributed by atoms with Gasteiger partial charge in [0.05, 0.1) is 17.7 Å². The van der Waals surface area contributed by atoms with E-state index in [0.29, 0.717) is 6.42 Å². The van der Waals surface area contributed by atoms with Gasteiger partial charge >= 0.3 is 0 Å². The molecule has 0 bridgehead atoms. The number of amides is 1. The molecular formula is C19H26N2O.